The van der Waals surface area contributed by atoms with Crippen LogP contribution >= 0.6 is 0 Å². The monoisotopic (exact) mass is 479 g/mol. The maximum atomic E-state index is 12.2. The molecule has 0 unspecified atom stereocenters. The summed E-state index contributed by atoms with van der Waals surface area (Å²) in [5.74, 6) is -2.52. The molecule has 10 heteroatoms. The van der Waals surface area contributed by atoms with Crippen molar-refractivity contribution in [2.75, 3.05) is 19.0 Å². The van der Waals surface area contributed by atoms with Gasteiger partial charge in [0.15, 0.2) is 12.4 Å². The fourth-order valence-electron chi connectivity index (χ4n) is 2.81. The Hall–Kier alpha value is -4.73. The molecule has 0 bridgehead atoms. The molecule has 10 nitrogen and oxygen atoms in total. The van der Waals surface area contributed by atoms with Crippen LogP contribution in [0.2, 0.25) is 0 Å². The van der Waals surface area contributed by atoms with Crippen LogP contribution in [0.15, 0.2) is 71.3 Å². The highest BCUT2D eigenvalue weighted by Gasteiger charge is 2.14. The summed E-state index contributed by atoms with van der Waals surface area (Å²) in [6, 6.07) is 14.8. The fraction of sp³-hybridized carbons (Fsp3) is 0.160. The quantitative estimate of drug-likeness (QED) is 0.263. The maximum absolute atomic E-state index is 12.2. The molecule has 0 aliphatic heterocycles. The van der Waals surface area contributed by atoms with E-state index in [0.717, 1.165) is 0 Å². The van der Waals surface area contributed by atoms with Crippen molar-refractivity contribution in [1.82, 2.24) is 0 Å². The largest absolute Gasteiger partial charge is 0.465 e. The van der Waals surface area contributed by atoms with E-state index < -0.39 is 36.2 Å². The van der Waals surface area contributed by atoms with E-state index in [1.807, 2.05) is 0 Å². The average molecular weight is 479 g/mol. The van der Waals surface area contributed by atoms with Gasteiger partial charge in [-0.2, -0.15) is 0 Å². The van der Waals surface area contributed by atoms with E-state index >= 15 is 0 Å². The number of ether oxygens (including phenoxy) is 3. The van der Waals surface area contributed by atoms with E-state index in [-0.39, 0.29) is 29.9 Å². The van der Waals surface area contributed by atoms with Crippen molar-refractivity contribution in [1.29, 1.82) is 0 Å². The van der Waals surface area contributed by atoms with Gasteiger partial charge in [0.05, 0.1) is 25.4 Å². The Morgan fingerprint density at radius 3 is 2.14 bits per heavy atom. The SMILES string of the molecule is COC(=O)c1ccc(NC(=O)CCC(=O)OCC(=O)c2ccc(OC(=O)c3ccco3)cc2)cc1. The lowest BCUT2D eigenvalue weighted by atomic mass is 10.1. The van der Waals surface area contributed by atoms with Crippen LogP contribution in [0, 0.1) is 0 Å². The third-order valence-corrected chi connectivity index (χ3v) is 4.62. The minimum Gasteiger partial charge on any atom is -0.465 e. The maximum Gasteiger partial charge on any atom is 0.379 e. The number of ketones is 1. The summed E-state index contributed by atoms with van der Waals surface area (Å²) < 4.78 is 19.6. The van der Waals surface area contributed by atoms with Crippen molar-refractivity contribution in [2.45, 2.75) is 12.8 Å². The zero-order chi connectivity index (χ0) is 25.2. The summed E-state index contributed by atoms with van der Waals surface area (Å²) in [6.07, 6.45) is 0.973. The number of methoxy groups -OCH3 is 1. The topological polar surface area (TPSA) is 138 Å². The van der Waals surface area contributed by atoms with Gasteiger partial charge >= 0.3 is 17.9 Å². The first-order valence-electron chi connectivity index (χ1n) is 10.4. The summed E-state index contributed by atoms with van der Waals surface area (Å²) in [4.78, 5) is 59.4. The molecule has 0 saturated carbocycles. The standard InChI is InChI=1S/C25H21NO9/c1-32-24(30)17-4-8-18(9-5-17)26-22(28)12-13-23(29)34-15-20(27)16-6-10-19(11-7-16)35-25(31)21-3-2-14-33-21/h2-11,14H,12-13,15H2,1H3,(H,26,28). The van der Waals surface area contributed by atoms with Crippen molar-refractivity contribution >= 4 is 35.3 Å². The van der Waals surface area contributed by atoms with Gasteiger partial charge in [-0.15, -0.1) is 0 Å². The number of carbonyl (C=O) groups is 5. The number of benzene rings is 2. The fourth-order valence-corrected chi connectivity index (χ4v) is 2.81. The van der Waals surface area contributed by atoms with Gasteiger partial charge in [-0.1, -0.05) is 0 Å². The van der Waals surface area contributed by atoms with Crippen LogP contribution in [0.3, 0.4) is 0 Å². The Morgan fingerprint density at radius 2 is 1.51 bits per heavy atom. The molecule has 0 spiro atoms. The molecule has 180 valence electrons. The van der Waals surface area contributed by atoms with Crippen molar-refractivity contribution in [3.63, 3.8) is 0 Å². The van der Waals surface area contributed by atoms with Crippen LogP contribution in [0.25, 0.3) is 0 Å². The van der Waals surface area contributed by atoms with Crippen molar-refractivity contribution < 1.29 is 42.6 Å². The van der Waals surface area contributed by atoms with Gasteiger partial charge in [-0.25, -0.2) is 9.59 Å². The summed E-state index contributed by atoms with van der Waals surface area (Å²) in [6.45, 7) is -0.499. The Balaban J connectivity index is 1.38. The number of hydrogen-bond donors (Lipinski definition) is 1. The van der Waals surface area contributed by atoms with Gasteiger partial charge in [0.1, 0.15) is 5.75 Å². The molecule has 0 aliphatic rings. The number of Topliss-reactive ketones (excluding diaryl/α,β-unsaturated/α-hetero) is 1. The Labute approximate surface area is 199 Å². The van der Waals surface area contributed by atoms with E-state index in [0.29, 0.717) is 11.3 Å². The van der Waals surface area contributed by atoms with Gasteiger partial charge in [-0.05, 0) is 60.7 Å². The molecular weight excluding hydrogens is 458 g/mol. The second-order valence-electron chi connectivity index (χ2n) is 7.09. The minimum absolute atomic E-state index is 0.0437. The Morgan fingerprint density at radius 1 is 0.829 bits per heavy atom. The number of nitrogens with one attached hydrogen (secondary N) is 1. The molecule has 1 N–H and O–H groups in total. The van der Waals surface area contributed by atoms with E-state index in [4.69, 9.17) is 13.9 Å². The summed E-state index contributed by atoms with van der Waals surface area (Å²) in [5, 5.41) is 2.59. The van der Waals surface area contributed by atoms with Gasteiger partial charge in [0.25, 0.3) is 0 Å². The third-order valence-electron chi connectivity index (χ3n) is 4.62. The smallest absolute Gasteiger partial charge is 0.379 e. The molecule has 0 fully saturated rings. The van der Waals surface area contributed by atoms with E-state index in [9.17, 15) is 24.0 Å². The lowest BCUT2D eigenvalue weighted by Gasteiger charge is -2.07. The summed E-state index contributed by atoms with van der Waals surface area (Å²) in [5.41, 5.74) is 1.04. The molecular formula is C25H21NO9. The number of esters is 3. The highest BCUT2D eigenvalue weighted by Crippen LogP contribution is 2.15. The lowest BCUT2D eigenvalue weighted by Crippen LogP contribution is -2.17. The van der Waals surface area contributed by atoms with E-state index in [1.165, 1.54) is 68.0 Å². The zero-order valence-corrected chi connectivity index (χ0v) is 18.6. The van der Waals surface area contributed by atoms with E-state index in [2.05, 4.69) is 10.1 Å². The van der Waals surface area contributed by atoms with Crippen LogP contribution in [0.5, 0.6) is 5.75 Å². The van der Waals surface area contributed by atoms with Crippen LogP contribution < -0.4 is 10.1 Å². The highest BCUT2D eigenvalue weighted by molar-refractivity contribution is 5.98. The van der Waals surface area contributed by atoms with Gasteiger partial charge in [-0.3, -0.25) is 14.4 Å². The molecule has 1 heterocycles. The van der Waals surface area contributed by atoms with Crippen molar-refractivity contribution in [3.05, 3.63) is 83.8 Å². The predicted octanol–water partition coefficient (Wildman–Crippen LogP) is 3.43. The predicted molar refractivity (Wildman–Crippen MR) is 121 cm³/mol. The minimum atomic E-state index is -0.710. The number of carbonyl (C=O) groups excluding carboxylic acids is 5. The first kappa shape index (κ1) is 24.9. The second-order valence-corrected chi connectivity index (χ2v) is 7.09. The van der Waals surface area contributed by atoms with Gasteiger partial charge in [0.2, 0.25) is 11.7 Å². The Bertz CT molecular complexity index is 1200. The molecule has 2 aromatic carbocycles. The summed E-state index contributed by atoms with van der Waals surface area (Å²) in [7, 11) is 1.27. The van der Waals surface area contributed by atoms with Crippen LogP contribution in [-0.2, 0) is 19.1 Å². The molecule has 0 aliphatic carbocycles. The number of amides is 1. The number of hydrogen-bond acceptors (Lipinski definition) is 9. The normalized spacial score (nSPS) is 10.2. The molecule has 3 rings (SSSR count). The van der Waals surface area contributed by atoms with Gasteiger partial charge < -0.3 is 23.9 Å². The molecule has 1 aromatic heterocycles. The van der Waals surface area contributed by atoms with Crippen molar-refractivity contribution in [2.24, 2.45) is 0 Å². The van der Waals surface area contributed by atoms with Crippen LogP contribution in [0.4, 0.5) is 5.69 Å². The number of rotatable bonds is 10. The summed E-state index contributed by atoms with van der Waals surface area (Å²) >= 11 is 0. The number of anilines is 1. The third kappa shape index (κ3) is 7.39. The van der Waals surface area contributed by atoms with Crippen molar-refractivity contribution in [3.8, 4) is 5.75 Å². The second kappa shape index (κ2) is 11.9. The van der Waals surface area contributed by atoms with Crippen LogP contribution in [-0.4, -0.2) is 43.3 Å². The van der Waals surface area contributed by atoms with Crippen LogP contribution in [0.1, 0.15) is 44.1 Å². The molecule has 35 heavy (non-hydrogen) atoms. The lowest BCUT2D eigenvalue weighted by molar-refractivity contribution is -0.143. The zero-order valence-electron chi connectivity index (χ0n) is 18.6. The molecule has 3 aromatic rings. The first-order valence-corrected chi connectivity index (χ1v) is 10.4. The number of furan rings is 1. The van der Waals surface area contributed by atoms with E-state index in [1.54, 1.807) is 6.07 Å². The Kier molecular flexibility index (Phi) is 8.49. The first-order chi connectivity index (χ1) is 16.9. The molecule has 1 amide bonds. The average Bonchev–Trinajstić information content (AvgIpc) is 3.42. The van der Waals surface area contributed by atoms with Gasteiger partial charge in [0, 0.05) is 17.7 Å². The highest BCUT2D eigenvalue weighted by atomic mass is 16.5. The molecule has 0 radical (unpaired) electrons. The molecule has 0 atom stereocenters. The molecule has 0 saturated heterocycles.